The van der Waals surface area contributed by atoms with Crippen LogP contribution in [0.25, 0.3) is 0 Å². The van der Waals surface area contributed by atoms with Crippen LogP contribution < -0.4 is 10.5 Å². The molecule has 1 aromatic rings. The van der Waals surface area contributed by atoms with E-state index in [-0.39, 0.29) is 31.7 Å². The molecule has 0 amide bonds. The quantitative estimate of drug-likeness (QED) is 0.616. The highest BCUT2D eigenvalue weighted by Gasteiger charge is 2.20. The number of nitrogens with two attached hydrogens (primary N) is 1. The van der Waals surface area contributed by atoms with E-state index in [0.29, 0.717) is 6.61 Å². The molecule has 0 fully saturated rings. The van der Waals surface area contributed by atoms with Crippen molar-refractivity contribution in [2.75, 3.05) is 19.8 Å². The Balaban J connectivity index is 2.68. The zero-order chi connectivity index (χ0) is 14.4. The Labute approximate surface area is 108 Å². The lowest BCUT2D eigenvalue weighted by Gasteiger charge is -2.15. The molecule has 0 bridgehead atoms. The van der Waals surface area contributed by atoms with E-state index in [1.165, 1.54) is 0 Å². The molecule has 0 aromatic heterocycles. The fourth-order valence-electron chi connectivity index (χ4n) is 1.48. The summed E-state index contributed by atoms with van der Waals surface area (Å²) in [5, 5.41) is 0. The van der Waals surface area contributed by atoms with Crippen LogP contribution >= 0.6 is 0 Å². The normalized spacial score (nSPS) is 12.5. The van der Waals surface area contributed by atoms with E-state index in [1.54, 1.807) is 6.92 Å². The van der Waals surface area contributed by atoms with Crippen molar-refractivity contribution < 1.29 is 27.0 Å². The average molecular weight is 281 g/mol. The van der Waals surface area contributed by atoms with Crippen molar-refractivity contribution in [3.05, 3.63) is 29.3 Å². The third-order valence-electron chi connectivity index (χ3n) is 2.42. The first-order chi connectivity index (χ1) is 9.01. The predicted molar refractivity (Wildman–Crippen MR) is 60.9 cm³/mol. The standard InChI is InChI=1S/C12H15F4NO2/c1-2-18-7(6-17)3-4-19-12-10(15)8(13)5-9(14)11(12)16/h5,7H,2-4,6,17H2,1H3. The molecular weight excluding hydrogens is 266 g/mol. The average Bonchev–Trinajstić information content (AvgIpc) is 2.39. The molecule has 0 saturated heterocycles. The molecule has 0 saturated carbocycles. The molecule has 19 heavy (non-hydrogen) atoms. The fraction of sp³-hybridized carbons (Fsp3) is 0.500. The molecule has 7 heteroatoms. The maximum absolute atomic E-state index is 13.2. The first kappa shape index (κ1) is 15.7. The van der Waals surface area contributed by atoms with E-state index in [4.69, 9.17) is 15.2 Å². The third kappa shape index (κ3) is 4.07. The van der Waals surface area contributed by atoms with E-state index >= 15 is 0 Å². The van der Waals surface area contributed by atoms with Gasteiger partial charge in [0, 0.05) is 25.6 Å². The monoisotopic (exact) mass is 281 g/mol. The van der Waals surface area contributed by atoms with Crippen LogP contribution in [0.3, 0.4) is 0 Å². The van der Waals surface area contributed by atoms with Crippen LogP contribution in [0.4, 0.5) is 17.6 Å². The van der Waals surface area contributed by atoms with Gasteiger partial charge < -0.3 is 15.2 Å². The molecule has 1 unspecified atom stereocenters. The summed E-state index contributed by atoms with van der Waals surface area (Å²) in [4.78, 5) is 0. The minimum atomic E-state index is -1.56. The lowest BCUT2D eigenvalue weighted by Crippen LogP contribution is -2.26. The summed E-state index contributed by atoms with van der Waals surface area (Å²) in [6.07, 6.45) is -0.0871. The highest BCUT2D eigenvalue weighted by Crippen LogP contribution is 2.26. The molecule has 1 atom stereocenters. The molecular formula is C12H15F4NO2. The van der Waals surface area contributed by atoms with Crippen molar-refractivity contribution in [2.24, 2.45) is 5.73 Å². The summed E-state index contributed by atoms with van der Waals surface area (Å²) in [5.74, 6) is -7.19. The Morgan fingerprint density at radius 2 is 1.74 bits per heavy atom. The highest BCUT2D eigenvalue weighted by atomic mass is 19.2. The fourth-order valence-corrected chi connectivity index (χ4v) is 1.48. The van der Waals surface area contributed by atoms with Crippen molar-refractivity contribution in [3.63, 3.8) is 0 Å². The third-order valence-corrected chi connectivity index (χ3v) is 2.42. The minimum Gasteiger partial charge on any atom is -0.487 e. The molecule has 0 heterocycles. The summed E-state index contributed by atoms with van der Waals surface area (Å²) in [7, 11) is 0. The number of hydrogen-bond donors (Lipinski definition) is 1. The maximum atomic E-state index is 13.2. The van der Waals surface area contributed by atoms with Gasteiger partial charge in [-0.2, -0.15) is 8.78 Å². The second kappa shape index (κ2) is 7.30. The van der Waals surface area contributed by atoms with E-state index < -0.39 is 29.0 Å². The zero-order valence-electron chi connectivity index (χ0n) is 10.4. The molecule has 1 rings (SSSR count). The van der Waals surface area contributed by atoms with Crippen LogP contribution in [-0.4, -0.2) is 25.9 Å². The number of hydrogen-bond acceptors (Lipinski definition) is 3. The largest absolute Gasteiger partial charge is 0.487 e. The Hall–Kier alpha value is -1.34. The van der Waals surface area contributed by atoms with E-state index in [1.807, 2.05) is 0 Å². The van der Waals surface area contributed by atoms with Gasteiger partial charge in [-0.3, -0.25) is 0 Å². The van der Waals surface area contributed by atoms with Gasteiger partial charge in [0.05, 0.1) is 12.7 Å². The van der Waals surface area contributed by atoms with Crippen molar-refractivity contribution in [1.29, 1.82) is 0 Å². The summed E-state index contributed by atoms with van der Waals surface area (Å²) >= 11 is 0. The van der Waals surface area contributed by atoms with E-state index in [0.717, 1.165) is 0 Å². The molecule has 0 aliphatic heterocycles. The Bertz CT molecular complexity index is 402. The molecule has 108 valence electrons. The molecule has 3 nitrogen and oxygen atoms in total. The molecule has 1 aromatic carbocycles. The van der Waals surface area contributed by atoms with Gasteiger partial charge in [-0.05, 0) is 6.92 Å². The second-order valence-electron chi connectivity index (χ2n) is 3.75. The maximum Gasteiger partial charge on any atom is 0.203 e. The van der Waals surface area contributed by atoms with Gasteiger partial charge in [0.1, 0.15) is 0 Å². The summed E-state index contributed by atoms with van der Waals surface area (Å²) in [6, 6.07) is 0.125. The Morgan fingerprint density at radius 1 is 1.16 bits per heavy atom. The number of rotatable bonds is 7. The van der Waals surface area contributed by atoms with Gasteiger partial charge in [-0.1, -0.05) is 0 Å². The highest BCUT2D eigenvalue weighted by molar-refractivity contribution is 5.28. The molecule has 2 N–H and O–H groups in total. The number of benzene rings is 1. The smallest absolute Gasteiger partial charge is 0.203 e. The van der Waals surface area contributed by atoms with Gasteiger partial charge in [0.25, 0.3) is 0 Å². The Kier molecular flexibility index (Phi) is 6.04. The zero-order valence-corrected chi connectivity index (χ0v) is 10.4. The number of halogens is 4. The second-order valence-corrected chi connectivity index (χ2v) is 3.75. The first-order valence-corrected chi connectivity index (χ1v) is 5.78. The summed E-state index contributed by atoms with van der Waals surface area (Å²) in [6.45, 7) is 2.24. The van der Waals surface area contributed by atoms with Crippen LogP contribution in [0.15, 0.2) is 6.07 Å². The van der Waals surface area contributed by atoms with Crippen LogP contribution in [0.2, 0.25) is 0 Å². The summed E-state index contributed by atoms with van der Waals surface area (Å²) in [5.41, 5.74) is 5.40. The van der Waals surface area contributed by atoms with Crippen molar-refractivity contribution >= 4 is 0 Å². The van der Waals surface area contributed by atoms with Gasteiger partial charge in [-0.15, -0.1) is 0 Å². The van der Waals surface area contributed by atoms with Crippen molar-refractivity contribution in [2.45, 2.75) is 19.4 Å². The van der Waals surface area contributed by atoms with Gasteiger partial charge in [0.2, 0.25) is 11.6 Å². The van der Waals surface area contributed by atoms with Crippen molar-refractivity contribution in [1.82, 2.24) is 0 Å². The topological polar surface area (TPSA) is 44.5 Å². The van der Waals surface area contributed by atoms with Gasteiger partial charge in [0.15, 0.2) is 17.4 Å². The van der Waals surface area contributed by atoms with Gasteiger partial charge >= 0.3 is 0 Å². The molecule has 0 aliphatic rings. The molecule has 0 radical (unpaired) electrons. The van der Waals surface area contributed by atoms with Crippen molar-refractivity contribution in [3.8, 4) is 5.75 Å². The van der Waals surface area contributed by atoms with E-state index in [2.05, 4.69) is 0 Å². The predicted octanol–water partition coefficient (Wildman–Crippen LogP) is 2.38. The van der Waals surface area contributed by atoms with Crippen LogP contribution in [0.1, 0.15) is 13.3 Å². The van der Waals surface area contributed by atoms with E-state index in [9.17, 15) is 17.6 Å². The summed E-state index contributed by atoms with van der Waals surface area (Å²) < 4.78 is 62.2. The Morgan fingerprint density at radius 3 is 2.21 bits per heavy atom. The van der Waals surface area contributed by atoms with Crippen LogP contribution in [0, 0.1) is 23.3 Å². The SMILES string of the molecule is CCOC(CN)CCOc1c(F)c(F)cc(F)c1F. The van der Waals surface area contributed by atoms with Crippen LogP contribution in [-0.2, 0) is 4.74 Å². The molecule has 0 spiro atoms. The lowest BCUT2D eigenvalue weighted by molar-refractivity contribution is 0.0516. The first-order valence-electron chi connectivity index (χ1n) is 5.78. The minimum absolute atomic E-state index is 0.125. The molecule has 0 aliphatic carbocycles. The van der Waals surface area contributed by atoms with Crippen LogP contribution in [0.5, 0.6) is 5.75 Å². The lowest BCUT2D eigenvalue weighted by atomic mass is 10.2. The number of ether oxygens (including phenoxy) is 2. The van der Waals surface area contributed by atoms with Gasteiger partial charge in [-0.25, -0.2) is 8.78 Å².